The molecule has 0 radical (unpaired) electrons. The third-order valence-corrected chi connectivity index (χ3v) is 9.03. The summed E-state index contributed by atoms with van der Waals surface area (Å²) in [5.74, 6) is -0.419. The van der Waals surface area contributed by atoms with E-state index in [1.807, 2.05) is 27.7 Å². The largest absolute Gasteiger partial charge is 0.871 e. The number of Topliss-reactive ketones (excluding diaryl/α,β-unsaturated/α-hetero) is 1. The van der Waals surface area contributed by atoms with E-state index in [0.717, 1.165) is 0 Å². The molecule has 0 saturated carbocycles. The predicted molar refractivity (Wildman–Crippen MR) is 144 cm³/mol. The van der Waals surface area contributed by atoms with Crippen molar-refractivity contribution in [2.45, 2.75) is 52.4 Å². The second-order valence-corrected chi connectivity index (χ2v) is 12.2. The molecule has 1 aliphatic carbocycles. The molecule has 0 heterocycles. The molecule has 8 heteroatoms. The van der Waals surface area contributed by atoms with Crippen molar-refractivity contribution in [3.8, 4) is 5.75 Å². The van der Waals surface area contributed by atoms with Gasteiger partial charge in [-0.3, -0.25) is 9.35 Å². The Bertz CT molecular complexity index is 1430. The van der Waals surface area contributed by atoms with Crippen molar-refractivity contribution in [1.29, 1.82) is 0 Å². The molecule has 0 aliphatic heterocycles. The molecule has 0 spiro atoms. The van der Waals surface area contributed by atoms with Gasteiger partial charge in [-0.15, -0.1) is 0 Å². The zero-order valence-corrected chi connectivity index (χ0v) is 24.4. The van der Waals surface area contributed by atoms with Gasteiger partial charge in [0.2, 0.25) is 0 Å². The molecule has 5 nitrogen and oxygen atoms in total. The average molecular weight is 623 g/mol. The quantitative estimate of drug-likeness (QED) is 0.369. The Hall–Kier alpha value is -2.00. The molecular formula is C27H27Br2O5S-. The van der Waals surface area contributed by atoms with Gasteiger partial charge in [-0.2, -0.15) is 8.42 Å². The first-order chi connectivity index (χ1) is 16.2. The molecule has 0 aromatic heterocycles. The van der Waals surface area contributed by atoms with Gasteiger partial charge in [-0.1, -0.05) is 79.2 Å². The van der Waals surface area contributed by atoms with Crippen LogP contribution in [0.4, 0.5) is 0 Å². The first kappa shape index (κ1) is 27.6. The molecule has 0 fully saturated rings. The highest BCUT2D eigenvalue weighted by Crippen LogP contribution is 2.45. The zero-order valence-electron chi connectivity index (χ0n) is 20.4. The lowest BCUT2D eigenvalue weighted by atomic mass is 9.81. The molecule has 35 heavy (non-hydrogen) atoms. The van der Waals surface area contributed by atoms with E-state index >= 15 is 0 Å². The summed E-state index contributed by atoms with van der Waals surface area (Å²) < 4.78 is 35.7. The summed E-state index contributed by atoms with van der Waals surface area (Å²) >= 11 is 6.90. The van der Waals surface area contributed by atoms with Gasteiger partial charge in [0.05, 0.1) is 4.48 Å². The molecule has 1 N–H and O–H groups in total. The maximum absolute atomic E-state index is 13.0. The van der Waals surface area contributed by atoms with E-state index in [-0.39, 0.29) is 33.8 Å². The van der Waals surface area contributed by atoms with Gasteiger partial charge in [0.1, 0.15) is 4.90 Å². The van der Waals surface area contributed by atoms with Crippen LogP contribution in [0.3, 0.4) is 0 Å². The van der Waals surface area contributed by atoms with Crippen LogP contribution in [0, 0.1) is 12.8 Å². The van der Waals surface area contributed by atoms with Crippen molar-refractivity contribution in [3.05, 3.63) is 84.3 Å². The van der Waals surface area contributed by atoms with Crippen LogP contribution in [0.15, 0.2) is 67.0 Å². The van der Waals surface area contributed by atoms with Crippen LogP contribution in [0.25, 0.3) is 5.57 Å². The Morgan fingerprint density at radius 2 is 1.60 bits per heavy atom. The van der Waals surface area contributed by atoms with Gasteiger partial charge in [0.15, 0.2) is 5.78 Å². The standard InChI is InChI=1S/C27H28Br2O5S/c1-13(2)18-11-20(15(5)24(28)26(18)30)23(17-9-7-8-10-22(17)35(32,33)34)21-12-19(14(3)4)27(31)25(29)16(21)6/h7-14,30H,1-6H3,(H,32,33,34)/p-1/b23-21-. The van der Waals surface area contributed by atoms with Crippen molar-refractivity contribution in [1.82, 2.24) is 0 Å². The Morgan fingerprint density at radius 1 is 1.00 bits per heavy atom. The van der Waals surface area contributed by atoms with Crippen LogP contribution in [0.5, 0.6) is 5.75 Å². The third kappa shape index (κ3) is 5.12. The highest BCUT2D eigenvalue weighted by atomic mass is 79.9. The highest BCUT2D eigenvalue weighted by molar-refractivity contribution is 9.12. The minimum absolute atomic E-state index is 0.0840. The van der Waals surface area contributed by atoms with E-state index in [2.05, 4.69) is 31.9 Å². The fourth-order valence-electron chi connectivity index (χ4n) is 4.20. The summed E-state index contributed by atoms with van der Waals surface area (Å²) in [6.45, 7) is 11.2. The Kier molecular flexibility index (Phi) is 8.01. The minimum atomic E-state index is -4.58. The molecule has 0 bridgehead atoms. The summed E-state index contributed by atoms with van der Waals surface area (Å²) in [7, 11) is -4.58. The fraction of sp³-hybridized carbons (Fsp3) is 0.296. The van der Waals surface area contributed by atoms with Crippen LogP contribution in [0.1, 0.15) is 62.8 Å². The van der Waals surface area contributed by atoms with Gasteiger partial charge in [-0.05, 0) is 81.6 Å². The molecule has 2 aromatic carbocycles. The summed E-state index contributed by atoms with van der Waals surface area (Å²) in [5.41, 5.74) is 4.47. The zero-order chi connectivity index (χ0) is 26.4. The molecule has 0 atom stereocenters. The number of halogens is 2. The molecule has 1 aliphatic rings. The van der Waals surface area contributed by atoms with Crippen molar-refractivity contribution < 1.29 is 22.9 Å². The molecule has 186 valence electrons. The fourth-order valence-corrected chi connectivity index (χ4v) is 5.78. The smallest absolute Gasteiger partial charge is 0.295 e. The second kappa shape index (κ2) is 10.2. The summed E-state index contributed by atoms with van der Waals surface area (Å²) in [6.07, 6.45) is 1.79. The van der Waals surface area contributed by atoms with Gasteiger partial charge < -0.3 is 5.11 Å². The lowest BCUT2D eigenvalue weighted by molar-refractivity contribution is -0.270. The number of ketones is 1. The van der Waals surface area contributed by atoms with Crippen LogP contribution >= 0.6 is 31.9 Å². The minimum Gasteiger partial charge on any atom is -0.871 e. The van der Waals surface area contributed by atoms with Crippen molar-refractivity contribution >= 4 is 53.3 Å². The maximum atomic E-state index is 13.0. The monoisotopic (exact) mass is 621 g/mol. The summed E-state index contributed by atoms with van der Waals surface area (Å²) in [6, 6.07) is 7.98. The highest BCUT2D eigenvalue weighted by Gasteiger charge is 2.29. The topological polar surface area (TPSA) is 94.5 Å². The maximum Gasteiger partial charge on any atom is 0.295 e. The number of carbonyl (C=O) groups excluding carboxylic acids is 1. The number of hydrogen-bond donors (Lipinski definition) is 1. The first-order valence-electron chi connectivity index (χ1n) is 11.1. The second-order valence-electron chi connectivity index (χ2n) is 9.22. The number of rotatable bonds is 5. The van der Waals surface area contributed by atoms with Gasteiger partial charge >= 0.3 is 0 Å². The van der Waals surface area contributed by atoms with E-state index in [1.54, 1.807) is 38.1 Å². The normalized spacial score (nSPS) is 16.3. The number of benzene rings is 2. The predicted octanol–water partition coefficient (Wildman–Crippen LogP) is 6.84. The van der Waals surface area contributed by atoms with Gasteiger partial charge in [-0.25, -0.2) is 0 Å². The summed E-state index contributed by atoms with van der Waals surface area (Å²) in [4.78, 5) is 12.7. The molecule has 0 saturated heterocycles. The van der Waals surface area contributed by atoms with E-state index in [9.17, 15) is 22.9 Å². The van der Waals surface area contributed by atoms with E-state index < -0.39 is 10.1 Å². The molecule has 2 aromatic rings. The number of allylic oxidation sites excluding steroid dienone is 5. The van der Waals surface area contributed by atoms with E-state index in [0.29, 0.717) is 47.9 Å². The van der Waals surface area contributed by atoms with Crippen LogP contribution < -0.4 is 5.11 Å². The van der Waals surface area contributed by atoms with Crippen molar-refractivity contribution in [2.24, 2.45) is 5.92 Å². The van der Waals surface area contributed by atoms with Crippen LogP contribution in [0.2, 0.25) is 0 Å². The van der Waals surface area contributed by atoms with Crippen molar-refractivity contribution in [2.75, 3.05) is 0 Å². The van der Waals surface area contributed by atoms with Crippen LogP contribution in [-0.4, -0.2) is 18.8 Å². The molecular weight excluding hydrogens is 596 g/mol. The van der Waals surface area contributed by atoms with Gasteiger partial charge in [0, 0.05) is 15.6 Å². The van der Waals surface area contributed by atoms with Crippen molar-refractivity contribution in [3.63, 3.8) is 0 Å². The third-order valence-electron chi connectivity index (χ3n) is 6.21. The molecule has 0 unspecified atom stereocenters. The molecule has 0 amide bonds. The lowest BCUT2D eigenvalue weighted by Crippen LogP contribution is -2.16. The SMILES string of the molecule is CC1=C(Br)C(=O)C(C(C)C)=C/C1=C(\c1ccccc1S(=O)(=O)O)c1cc(C(C)C)c([O-])c(Br)c1C. The van der Waals surface area contributed by atoms with Crippen LogP contribution in [-0.2, 0) is 14.9 Å². The number of hydrogen-bond acceptors (Lipinski definition) is 4. The average Bonchev–Trinajstić information content (AvgIpc) is 2.78. The Labute approximate surface area is 223 Å². The summed E-state index contributed by atoms with van der Waals surface area (Å²) in [5, 5.41) is 13.0. The lowest BCUT2D eigenvalue weighted by Gasteiger charge is -2.27. The first-order valence-corrected chi connectivity index (χ1v) is 14.2. The van der Waals surface area contributed by atoms with E-state index in [4.69, 9.17) is 0 Å². The van der Waals surface area contributed by atoms with Gasteiger partial charge in [0.25, 0.3) is 10.1 Å². The van der Waals surface area contributed by atoms with E-state index in [1.165, 1.54) is 12.1 Å². The number of carbonyl (C=O) groups is 1. The Morgan fingerprint density at radius 3 is 2.14 bits per heavy atom. The molecule has 3 rings (SSSR count). The Balaban J connectivity index is 2.64.